The van der Waals surface area contributed by atoms with Gasteiger partial charge in [-0.1, -0.05) is 0 Å². The molecule has 0 saturated carbocycles. The predicted molar refractivity (Wildman–Crippen MR) is 70.4 cm³/mol. The molecule has 98 valence electrons. The Labute approximate surface area is 108 Å². The highest BCUT2D eigenvalue weighted by Gasteiger charge is 2.30. The molecule has 0 radical (unpaired) electrons. The monoisotopic (exact) mass is 247 g/mol. The molecule has 1 amide bonds. The first kappa shape index (κ1) is 11.8. The lowest BCUT2D eigenvalue weighted by atomic mass is 9.83. The van der Waals surface area contributed by atoms with Crippen molar-refractivity contribution < 1.29 is 4.79 Å². The highest BCUT2D eigenvalue weighted by Crippen LogP contribution is 2.29. The lowest BCUT2D eigenvalue weighted by molar-refractivity contribution is 0.0663. The van der Waals surface area contributed by atoms with Crippen molar-refractivity contribution in [3.8, 4) is 0 Å². The summed E-state index contributed by atoms with van der Waals surface area (Å²) in [6.45, 7) is 4.19. The average molecular weight is 247 g/mol. The highest BCUT2D eigenvalue weighted by atomic mass is 16.2. The van der Waals surface area contributed by atoms with Gasteiger partial charge in [-0.2, -0.15) is 0 Å². The van der Waals surface area contributed by atoms with Gasteiger partial charge in [-0.15, -0.1) is 0 Å². The Morgan fingerprint density at radius 1 is 1.22 bits per heavy atom. The van der Waals surface area contributed by atoms with Gasteiger partial charge >= 0.3 is 0 Å². The number of nitrogens with one attached hydrogen (secondary N) is 2. The van der Waals surface area contributed by atoms with Gasteiger partial charge in [0.1, 0.15) is 0 Å². The van der Waals surface area contributed by atoms with Gasteiger partial charge in [0, 0.05) is 25.5 Å². The van der Waals surface area contributed by atoms with Gasteiger partial charge in [-0.25, -0.2) is 0 Å². The maximum Gasteiger partial charge on any atom is 0.255 e. The molecule has 0 bridgehead atoms. The van der Waals surface area contributed by atoms with Crippen molar-refractivity contribution in [3.63, 3.8) is 0 Å². The van der Waals surface area contributed by atoms with E-state index in [2.05, 4.69) is 10.3 Å². The number of nitrogens with zero attached hydrogens (tertiary/aromatic N) is 1. The third-order valence-corrected chi connectivity index (χ3v) is 4.44. The summed E-state index contributed by atoms with van der Waals surface area (Å²) in [7, 11) is 0. The number of hydrogen-bond donors (Lipinski definition) is 2. The summed E-state index contributed by atoms with van der Waals surface area (Å²) in [6, 6.07) is 1.86. The first-order valence-corrected chi connectivity index (χ1v) is 6.97. The Bertz CT molecular complexity index is 387. The van der Waals surface area contributed by atoms with E-state index >= 15 is 0 Å². The van der Waals surface area contributed by atoms with E-state index in [9.17, 15) is 4.79 Å². The lowest BCUT2D eigenvalue weighted by Crippen LogP contribution is -2.40. The van der Waals surface area contributed by atoms with E-state index in [0.29, 0.717) is 0 Å². The molecule has 4 nitrogen and oxygen atoms in total. The molecule has 2 fully saturated rings. The fourth-order valence-electron chi connectivity index (χ4n) is 3.29. The van der Waals surface area contributed by atoms with E-state index in [1.807, 2.05) is 17.2 Å². The third kappa shape index (κ3) is 2.29. The minimum Gasteiger partial charge on any atom is -0.367 e. The molecule has 18 heavy (non-hydrogen) atoms. The number of rotatable bonds is 2. The zero-order chi connectivity index (χ0) is 12.4. The van der Waals surface area contributed by atoms with Crippen molar-refractivity contribution in [1.29, 1.82) is 0 Å². The van der Waals surface area contributed by atoms with Crippen molar-refractivity contribution in [2.45, 2.75) is 19.3 Å². The zero-order valence-corrected chi connectivity index (χ0v) is 10.7. The fourth-order valence-corrected chi connectivity index (χ4v) is 3.29. The molecule has 4 heteroatoms. The first-order valence-electron chi connectivity index (χ1n) is 6.97. The van der Waals surface area contributed by atoms with Crippen molar-refractivity contribution in [3.05, 3.63) is 24.0 Å². The summed E-state index contributed by atoms with van der Waals surface area (Å²) in [4.78, 5) is 17.1. The van der Waals surface area contributed by atoms with Gasteiger partial charge in [-0.3, -0.25) is 4.79 Å². The van der Waals surface area contributed by atoms with Gasteiger partial charge < -0.3 is 15.2 Å². The molecule has 1 aromatic heterocycles. The summed E-state index contributed by atoms with van der Waals surface area (Å²) in [6.07, 6.45) is 7.25. The Balaban J connectivity index is 1.55. The van der Waals surface area contributed by atoms with Crippen LogP contribution in [0.4, 0.5) is 0 Å². The maximum absolute atomic E-state index is 12.2. The summed E-state index contributed by atoms with van der Waals surface area (Å²) in [5, 5.41) is 3.44. The van der Waals surface area contributed by atoms with Crippen LogP contribution in [-0.4, -0.2) is 42.0 Å². The third-order valence-electron chi connectivity index (χ3n) is 4.44. The molecule has 0 aliphatic carbocycles. The highest BCUT2D eigenvalue weighted by molar-refractivity contribution is 5.94. The second-order valence-electron chi connectivity index (χ2n) is 5.48. The smallest absolute Gasteiger partial charge is 0.255 e. The molecule has 3 heterocycles. The van der Waals surface area contributed by atoms with E-state index in [4.69, 9.17) is 0 Å². The van der Waals surface area contributed by atoms with Crippen molar-refractivity contribution in [1.82, 2.24) is 15.2 Å². The molecule has 2 aliphatic rings. The number of amides is 1. The number of aromatic nitrogens is 1. The van der Waals surface area contributed by atoms with Gasteiger partial charge in [0.15, 0.2) is 0 Å². The summed E-state index contributed by atoms with van der Waals surface area (Å²) >= 11 is 0. The molecule has 2 N–H and O–H groups in total. The Morgan fingerprint density at radius 2 is 2.06 bits per heavy atom. The fraction of sp³-hybridized carbons (Fsp3) is 0.643. The Morgan fingerprint density at radius 3 is 2.67 bits per heavy atom. The Kier molecular flexibility index (Phi) is 3.37. The molecule has 0 aromatic carbocycles. The van der Waals surface area contributed by atoms with Crippen LogP contribution in [0.2, 0.25) is 0 Å². The van der Waals surface area contributed by atoms with Crippen LogP contribution in [0.3, 0.4) is 0 Å². The molecule has 1 atom stereocenters. The van der Waals surface area contributed by atoms with Gasteiger partial charge in [0.2, 0.25) is 0 Å². The normalized spacial score (nSPS) is 25.6. The number of likely N-dealkylation sites (tertiary alicyclic amines) is 1. The lowest BCUT2D eigenvalue weighted by Gasteiger charge is -2.34. The molecule has 1 aromatic rings. The minimum absolute atomic E-state index is 0.180. The molecule has 1 unspecified atom stereocenters. The number of H-pyrrole nitrogens is 1. The van der Waals surface area contributed by atoms with Gasteiger partial charge in [-0.05, 0) is 50.3 Å². The van der Waals surface area contributed by atoms with Crippen LogP contribution in [0.25, 0.3) is 0 Å². The van der Waals surface area contributed by atoms with Crippen LogP contribution in [0.15, 0.2) is 18.5 Å². The predicted octanol–water partition coefficient (Wildman–Crippen LogP) is 1.48. The maximum atomic E-state index is 12.2. The van der Waals surface area contributed by atoms with Crippen LogP contribution in [0.5, 0.6) is 0 Å². The van der Waals surface area contributed by atoms with E-state index in [1.54, 1.807) is 6.20 Å². The van der Waals surface area contributed by atoms with Crippen LogP contribution in [0.1, 0.15) is 29.6 Å². The van der Waals surface area contributed by atoms with E-state index in [-0.39, 0.29) is 5.91 Å². The van der Waals surface area contributed by atoms with Crippen LogP contribution < -0.4 is 5.32 Å². The molecule has 3 rings (SSSR count). The second kappa shape index (κ2) is 5.14. The van der Waals surface area contributed by atoms with Crippen LogP contribution in [-0.2, 0) is 0 Å². The van der Waals surface area contributed by atoms with E-state index in [0.717, 1.165) is 30.5 Å². The minimum atomic E-state index is 0.180. The number of carbonyl (C=O) groups excluding carboxylic acids is 1. The van der Waals surface area contributed by atoms with Gasteiger partial charge in [0.25, 0.3) is 5.91 Å². The van der Waals surface area contributed by atoms with E-state index < -0.39 is 0 Å². The van der Waals surface area contributed by atoms with Crippen LogP contribution in [0, 0.1) is 11.8 Å². The van der Waals surface area contributed by atoms with Gasteiger partial charge in [0.05, 0.1) is 5.56 Å². The van der Waals surface area contributed by atoms with E-state index in [1.165, 1.54) is 32.4 Å². The molecular formula is C14H21N3O. The Hall–Kier alpha value is -1.29. The standard InChI is InChI=1S/C14H21N3O/c18-14(13-2-6-16-10-13)17-7-3-11(4-8-17)12-1-5-15-9-12/h2,6,10-12,15-16H,1,3-5,7-9H2. The first-order chi connectivity index (χ1) is 8.84. The molecule has 2 aliphatic heterocycles. The summed E-state index contributed by atoms with van der Waals surface area (Å²) in [5.41, 5.74) is 0.788. The summed E-state index contributed by atoms with van der Waals surface area (Å²) in [5.74, 6) is 1.84. The number of piperidine rings is 1. The second-order valence-corrected chi connectivity index (χ2v) is 5.48. The van der Waals surface area contributed by atoms with Crippen molar-refractivity contribution in [2.75, 3.05) is 26.2 Å². The number of aromatic amines is 1. The van der Waals surface area contributed by atoms with Crippen molar-refractivity contribution >= 4 is 5.91 Å². The SMILES string of the molecule is O=C(c1cc[nH]c1)N1CCC(C2CCNC2)CC1. The number of hydrogen-bond acceptors (Lipinski definition) is 2. The van der Waals surface area contributed by atoms with Crippen LogP contribution >= 0.6 is 0 Å². The number of carbonyl (C=O) groups is 1. The largest absolute Gasteiger partial charge is 0.367 e. The average Bonchev–Trinajstić information content (AvgIpc) is 3.11. The molecular weight excluding hydrogens is 226 g/mol. The van der Waals surface area contributed by atoms with Crippen molar-refractivity contribution in [2.24, 2.45) is 11.8 Å². The summed E-state index contributed by atoms with van der Waals surface area (Å²) < 4.78 is 0. The quantitative estimate of drug-likeness (QED) is 0.831. The zero-order valence-electron chi connectivity index (χ0n) is 10.7. The molecule has 0 spiro atoms. The topological polar surface area (TPSA) is 48.1 Å². The molecule has 2 saturated heterocycles.